The maximum absolute atomic E-state index is 5.64. The molecule has 0 unspecified atom stereocenters. The summed E-state index contributed by atoms with van der Waals surface area (Å²) in [6.45, 7) is 3.91. The second-order valence-electron chi connectivity index (χ2n) is 3.16. The normalized spacial score (nSPS) is 10.6. The number of nitrogens with two attached hydrogens (primary N) is 1. The van der Waals surface area contributed by atoms with Crippen LogP contribution in [0.3, 0.4) is 0 Å². The van der Waals surface area contributed by atoms with E-state index in [9.17, 15) is 0 Å². The third-order valence-corrected chi connectivity index (χ3v) is 2.15. The molecule has 0 saturated heterocycles. The summed E-state index contributed by atoms with van der Waals surface area (Å²) in [5, 5.41) is 7.54. The number of ether oxygens (including phenoxy) is 1. The standard InChI is InChI=1S/C9H18N4O/c1-7-8(6-10)9(13(2)12-7)11-4-5-14-3/h11H,4-6,10H2,1-3H3. The number of hydrogen-bond acceptors (Lipinski definition) is 4. The van der Waals surface area contributed by atoms with Crippen molar-refractivity contribution in [2.24, 2.45) is 12.8 Å². The Hall–Kier alpha value is -1.07. The Kier molecular flexibility index (Phi) is 3.91. The predicted molar refractivity (Wildman–Crippen MR) is 56.2 cm³/mol. The molecule has 0 aliphatic heterocycles. The van der Waals surface area contributed by atoms with Gasteiger partial charge in [-0.15, -0.1) is 0 Å². The molecule has 3 N–H and O–H groups in total. The number of nitrogens with one attached hydrogen (secondary N) is 1. The lowest BCUT2D eigenvalue weighted by molar-refractivity contribution is 0.210. The van der Waals surface area contributed by atoms with Crippen LogP contribution < -0.4 is 11.1 Å². The summed E-state index contributed by atoms with van der Waals surface area (Å²) in [6, 6.07) is 0. The van der Waals surface area contributed by atoms with Crippen LogP contribution in [0.1, 0.15) is 11.3 Å². The monoisotopic (exact) mass is 198 g/mol. The number of rotatable bonds is 5. The Bertz CT molecular complexity index is 295. The molecule has 1 heterocycles. The Morgan fingerprint density at radius 1 is 1.57 bits per heavy atom. The van der Waals surface area contributed by atoms with E-state index in [1.807, 2.05) is 18.7 Å². The molecule has 80 valence electrons. The minimum atomic E-state index is 0.509. The maximum atomic E-state index is 5.64. The minimum Gasteiger partial charge on any atom is -0.383 e. The lowest BCUT2D eigenvalue weighted by Crippen LogP contribution is -2.13. The van der Waals surface area contributed by atoms with E-state index in [1.54, 1.807) is 7.11 Å². The Morgan fingerprint density at radius 2 is 2.29 bits per heavy atom. The van der Waals surface area contributed by atoms with Crippen LogP contribution in [0, 0.1) is 6.92 Å². The molecule has 0 aliphatic rings. The van der Waals surface area contributed by atoms with Gasteiger partial charge in [-0.3, -0.25) is 4.68 Å². The van der Waals surface area contributed by atoms with Crippen LogP contribution >= 0.6 is 0 Å². The quantitative estimate of drug-likeness (QED) is 0.665. The average Bonchev–Trinajstić information content (AvgIpc) is 2.42. The average molecular weight is 198 g/mol. The molecule has 0 amide bonds. The molecular weight excluding hydrogens is 180 g/mol. The van der Waals surface area contributed by atoms with E-state index >= 15 is 0 Å². The van der Waals surface area contributed by atoms with E-state index in [1.165, 1.54) is 0 Å². The van der Waals surface area contributed by atoms with Crippen molar-refractivity contribution in [2.45, 2.75) is 13.5 Å². The van der Waals surface area contributed by atoms with Gasteiger partial charge < -0.3 is 15.8 Å². The van der Waals surface area contributed by atoms with Crippen LogP contribution in [0.4, 0.5) is 5.82 Å². The van der Waals surface area contributed by atoms with Crippen molar-refractivity contribution >= 4 is 5.82 Å². The van der Waals surface area contributed by atoms with Gasteiger partial charge in [0.2, 0.25) is 0 Å². The van der Waals surface area contributed by atoms with Crippen molar-refractivity contribution in [3.8, 4) is 0 Å². The summed E-state index contributed by atoms with van der Waals surface area (Å²) in [5.41, 5.74) is 7.70. The van der Waals surface area contributed by atoms with Crippen molar-refractivity contribution in [1.82, 2.24) is 9.78 Å². The molecule has 0 bridgehead atoms. The highest BCUT2D eigenvalue weighted by molar-refractivity contribution is 5.47. The fraction of sp³-hybridized carbons (Fsp3) is 0.667. The summed E-state index contributed by atoms with van der Waals surface area (Å²) in [4.78, 5) is 0. The molecule has 0 fully saturated rings. The second kappa shape index (κ2) is 4.97. The molecule has 0 aromatic carbocycles. The lowest BCUT2D eigenvalue weighted by atomic mass is 10.2. The Labute approximate surface area is 84.2 Å². The summed E-state index contributed by atoms with van der Waals surface area (Å²) in [5.74, 6) is 0.988. The molecule has 0 atom stereocenters. The number of nitrogens with zero attached hydrogens (tertiary/aromatic N) is 2. The van der Waals surface area contributed by atoms with Gasteiger partial charge in [-0.05, 0) is 6.92 Å². The first-order valence-corrected chi connectivity index (χ1v) is 4.66. The topological polar surface area (TPSA) is 65.1 Å². The third kappa shape index (κ3) is 2.24. The first-order chi connectivity index (χ1) is 6.70. The molecular formula is C9H18N4O. The molecule has 1 aromatic rings. The smallest absolute Gasteiger partial charge is 0.128 e. The fourth-order valence-electron chi connectivity index (χ4n) is 1.44. The molecule has 0 aliphatic carbocycles. The fourth-order valence-corrected chi connectivity index (χ4v) is 1.44. The number of aromatic nitrogens is 2. The van der Waals surface area contributed by atoms with Gasteiger partial charge >= 0.3 is 0 Å². The largest absolute Gasteiger partial charge is 0.383 e. The van der Waals surface area contributed by atoms with Crippen LogP contribution in [-0.4, -0.2) is 30.0 Å². The first kappa shape index (κ1) is 11.0. The van der Waals surface area contributed by atoms with Crippen LogP contribution in [0.15, 0.2) is 0 Å². The third-order valence-electron chi connectivity index (χ3n) is 2.15. The Balaban J connectivity index is 2.73. The van der Waals surface area contributed by atoms with E-state index < -0.39 is 0 Å². The summed E-state index contributed by atoms with van der Waals surface area (Å²) >= 11 is 0. The molecule has 14 heavy (non-hydrogen) atoms. The highest BCUT2D eigenvalue weighted by Gasteiger charge is 2.10. The lowest BCUT2D eigenvalue weighted by Gasteiger charge is -2.07. The summed E-state index contributed by atoms with van der Waals surface area (Å²) < 4.78 is 6.77. The van der Waals surface area contributed by atoms with E-state index in [0.29, 0.717) is 13.2 Å². The molecule has 5 heteroatoms. The van der Waals surface area contributed by atoms with Crippen molar-refractivity contribution in [3.63, 3.8) is 0 Å². The van der Waals surface area contributed by atoms with Crippen molar-refractivity contribution in [1.29, 1.82) is 0 Å². The summed E-state index contributed by atoms with van der Waals surface area (Å²) in [6.07, 6.45) is 0. The minimum absolute atomic E-state index is 0.509. The van der Waals surface area contributed by atoms with Crippen molar-refractivity contribution < 1.29 is 4.74 Å². The molecule has 0 saturated carbocycles. The molecule has 1 rings (SSSR count). The highest BCUT2D eigenvalue weighted by atomic mass is 16.5. The van der Waals surface area contributed by atoms with E-state index in [-0.39, 0.29) is 0 Å². The van der Waals surface area contributed by atoms with Gasteiger partial charge in [-0.25, -0.2) is 0 Å². The Morgan fingerprint density at radius 3 is 2.86 bits per heavy atom. The zero-order valence-corrected chi connectivity index (χ0v) is 9.00. The number of anilines is 1. The summed E-state index contributed by atoms with van der Waals surface area (Å²) in [7, 11) is 3.58. The van der Waals surface area contributed by atoms with Crippen LogP contribution in [0.25, 0.3) is 0 Å². The highest BCUT2D eigenvalue weighted by Crippen LogP contribution is 2.17. The molecule has 0 radical (unpaired) electrons. The van der Waals surface area contributed by atoms with Gasteiger partial charge in [0.1, 0.15) is 5.82 Å². The van der Waals surface area contributed by atoms with Gasteiger partial charge in [0, 0.05) is 32.8 Å². The number of methoxy groups -OCH3 is 1. The van der Waals surface area contributed by atoms with Gasteiger partial charge in [0.25, 0.3) is 0 Å². The zero-order chi connectivity index (χ0) is 10.6. The van der Waals surface area contributed by atoms with Crippen LogP contribution in [0.2, 0.25) is 0 Å². The van der Waals surface area contributed by atoms with E-state index in [4.69, 9.17) is 10.5 Å². The number of hydrogen-bond donors (Lipinski definition) is 2. The SMILES string of the molecule is COCCNc1c(CN)c(C)nn1C. The molecule has 5 nitrogen and oxygen atoms in total. The van der Waals surface area contributed by atoms with Crippen molar-refractivity contribution in [2.75, 3.05) is 25.6 Å². The van der Waals surface area contributed by atoms with E-state index in [2.05, 4.69) is 10.4 Å². The second-order valence-corrected chi connectivity index (χ2v) is 3.16. The van der Waals surface area contributed by atoms with Gasteiger partial charge in [0.15, 0.2) is 0 Å². The van der Waals surface area contributed by atoms with E-state index in [0.717, 1.165) is 23.6 Å². The number of aryl methyl sites for hydroxylation is 2. The van der Waals surface area contributed by atoms with Gasteiger partial charge in [0.05, 0.1) is 12.3 Å². The molecule has 1 aromatic heterocycles. The zero-order valence-electron chi connectivity index (χ0n) is 9.00. The maximum Gasteiger partial charge on any atom is 0.128 e. The van der Waals surface area contributed by atoms with Gasteiger partial charge in [-0.2, -0.15) is 5.10 Å². The van der Waals surface area contributed by atoms with Crippen LogP contribution in [0.5, 0.6) is 0 Å². The predicted octanol–water partition coefficient (Wildman–Crippen LogP) is 0.246. The first-order valence-electron chi connectivity index (χ1n) is 4.66. The van der Waals surface area contributed by atoms with Gasteiger partial charge in [-0.1, -0.05) is 0 Å². The van der Waals surface area contributed by atoms with Crippen LogP contribution in [-0.2, 0) is 18.3 Å². The molecule has 0 spiro atoms. The van der Waals surface area contributed by atoms with Crippen molar-refractivity contribution in [3.05, 3.63) is 11.3 Å².